The Balaban J connectivity index is 0.820. The van der Waals surface area contributed by atoms with Crippen molar-refractivity contribution in [1.29, 1.82) is 5.26 Å². The average molecular weight is 1540 g/mol. The molecule has 23 rings (SSSR count). The molecule has 2 aliphatic rings. The van der Waals surface area contributed by atoms with E-state index in [0.29, 0.717) is 5.56 Å². The van der Waals surface area contributed by atoms with Crippen molar-refractivity contribution in [2.75, 3.05) is 9.80 Å². The number of nitriles is 1. The van der Waals surface area contributed by atoms with Crippen LogP contribution < -0.4 is 26.2 Å². The van der Waals surface area contributed by atoms with Gasteiger partial charge in [-0.25, -0.2) is 9.97 Å². The standard InChI is InChI=1S/C109H77BN8S/c1-108(2,3)74-48-55-95(84(62-74)70-31-14-9-15-32-70)116-99-53-46-71(89-60-73(68-27-10-7-11-28-68)61-103(112-89)117-96-52-45-67(66-111)57-85(96)86-63-75(109(4,5)6)49-56-97(86)117)58-87(99)110-88-59-72(47-54-98(88)115(100-42-26-43-101(116)105(100)110)91-38-21-16-33-77(91)69-29-12-8-13-30-69)90-64-76(114-92-39-22-17-34-78(92)79-35-18-23-40-93(79)114)65-104(113-90)118-94-41-24-19-36-80(94)82-50-51-83-81-37-20-25-44-102(81)119-107(83)106(82)118/h7-65H,1-6H3. The number of nitrogens with zero attached hydrogens (tertiary/aromatic N) is 8. The molecule has 0 saturated carbocycles. The molecule has 21 aromatic rings. The van der Waals surface area contributed by atoms with Crippen molar-refractivity contribution in [3.05, 3.63) is 375 Å². The fraction of sp³-hybridized carbons (Fsp3) is 0.0734. The van der Waals surface area contributed by atoms with Gasteiger partial charge in [0.2, 0.25) is 0 Å². The van der Waals surface area contributed by atoms with E-state index in [2.05, 4.69) is 417 Å². The molecule has 0 N–H and O–H groups in total. The highest BCUT2D eigenvalue weighted by Gasteiger charge is 2.45. The summed E-state index contributed by atoms with van der Waals surface area (Å²) in [6.45, 7) is 13.3. The Morgan fingerprint density at radius 2 is 0.790 bits per heavy atom. The number of benzene rings is 15. The van der Waals surface area contributed by atoms with Gasteiger partial charge in [-0.2, -0.15) is 5.26 Å². The maximum Gasteiger partial charge on any atom is 0.252 e. The Labute approximate surface area is 694 Å². The summed E-state index contributed by atoms with van der Waals surface area (Å²) in [6.07, 6.45) is 0. The number of hydrogen-bond donors (Lipinski definition) is 0. The van der Waals surface area contributed by atoms with Crippen molar-refractivity contribution < 1.29 is 0 Å². The van der Waals surface area contributed by atoms with Gasteiger partial charge in [-0.15, -0.1) is 11.3 Å². The largest absolute Gasteiger partial charge is 0.311 e. The molecule has 0 unspecified atom stereocenters. The molecular formula is C109H77BN8S. The fourth-order valence-corrected chi connectivity index (χ4v) is 20.5. The Bertz CT molecular complexity index is 7810. The highest BCUT2D eigenvalue weighted by molar-refractivity contribution is 7.26. The van der Waals surface area contributed by atoms with E-state index in [0.717, 1.165) is 162 Å². The molecule has 0 aliphatic carbocycles. The van der Waals surface area contributed by atoms with E-state index in [1.165, 1.54) is 58.3 Å². The SMILES string of the molecule is CC(C)(C)c1ccc(N2c3ccc(-c4cc(-c5ccccc5)cc(-n5c6ccc(C#N)cc6c6cc(C(C)(C)C)ccc65)n4)cc3B3c4cc(-c5cc(-n6c7ccccc7c7ccccc76)cc(-n6c7ccccc7c7ccc8c9ccccc9sc8c76)n5)ccc4N(c4ccccc4-c4ccccc4)c4cccc2c43)c(-c2ccccc2)c1. The molecule has 0 atom stereocenters. The lowest BCUT2D eigenvalue weighted by molar-refractivity contribution is 0.590. The van der Waals surface area contributed by atoms with Crippen molar-refractivity contribution in [2.24, 2.45) is 0 Å². The monoisotopic (exact) mass is 1540 g/mol. The molecule has 562 valence electrons. The summed E-state index contributed by atoms with van der Waals surface area (Å²) in [5.41, 5.74) is 30.4. The molecule has 8 nitrogen and oxygen atoms in total. The second-order valence-corrected chi connectivity index (χ2v) is 35.0. The summed E-state index contributed by atoms with van der Waals surface area (Å²) in [5, 5.41) is 19.8. The molecule has 2 aliphatic heterocycles. The Hall–Kier alpha value is -14.6. The first-order valence-corrected chi connectivity index (χ1v) is 41.8. The van der Waals surface area contributed by atoms with E-state index >= 15 is 0 Å². The van der Waals surface area contributed by atoms with Gasteiger partial charge >= 0.3 is 0 Å². The number of rotatable bonds is 10. The predicted octanol–water partition coefficient (Wildman–Crippen LogP) is 27.0. The van der Waals surface area contributed by atoms with Crippen LogP contribution in [0.3, 0.4) is 0 Å². The third kappa shape index (κ3) is 11.0. The van der Waals surface area contributed by atoms with Gasteiger partial charge in [-0.3, -0.25) is 9.13 Å². The van der Waals surface area contributed by atoms with Crippen molar-refractivity contribution in [3.63, 3.8) is 0 Å². The van der Waals surface area contributed by atoms with Crippen LogP contribution in [0, 0.1) is 11.3 Å². The fourth-order valence-electron chi connectivity index (χ4n) is 19.3. The zero-order valence-electron chi connectivity index (χ0n) is 66.6. The van der Waals surface area contributed by atoms with Gasteiger partial charge in [-0.05, 0) is 187 Å². The lowest BCUT2D eigenvalue weighted by Gasteiger charge is -2.45. The first kappa shape index (κ1) is 69.8. The van der Waals surface area contributed by atoms with Gasteiger partial charge in [0.05, 0.1) is 77.9 Å². The highest BCUT2D eigenvalue weighted by Crippen LogP contribution is 2.52. The molecule has 15 aromatic carbocycles. The summed E-state index contributed by atoms with van der Waals surface area (Å²) in [4.78, 5) is 17.2. The number of aromatic nitrogens is 5. The molecule has 0 saturated heterocycles. The molecule has 0 fully saturated rings. The third-order valence-electron chi connectivity index (χ3n) is 25.0. The molecule has 8 heterocycles. The van der Waals surface area contributed by atoms with Crippen LogP contribution in [-0.2, 0) is 10.8 Å². The lowest BCUT2D eigenvalue weighted by Crippen LogP contribution is -2.61. The zero-order chi connectivity index (χ0) is 79.7. The van der Waals surface area contributed by atoms with Crippen molar-refractivity contribution in [1.82, 2.24) is 23.7 Å². The maximum absolute atomic E-state index is 10.5. The van der Waals surface area contributed by atoms with Crippen LogP contribution in [0.25, 0.3) is 159 Å². The van der Waals surface area contributed by atoms with E-state index in [1.807, 2.05) is 23.5 Å². The Morgan fingerprint density at radius 1 is 0.311 bits per heavy atom. The minimum absolute atomic E-state index is 0.121. The van der Waals surface area contributed by atoms with Crippen molar-refractivity contribution >= 4 is 154 Å². The highest BCUT2D eigenvalue weighted by atomic mass is 32.1. The molecule has 6 aromatic heterocycles. The molecule has 0 bridgehead atoms. The number of para-hydroxylation sites is 4. The van der Waals surface area contributed by atoms with E-state index in [1.54, 1.807) is 0 Å². The van der Waals surface area contributed by atoms with Crippen molar-refractivity contribution in [2.45, 2.75) is 52.4 Å². The van der Waals surface area contributed by atoms with Gasteiger partial charge in [0.15, 0.2) is 0 Å². The van der Waals surface area contributed by atoms with Gasteiger partial charge in [0.25, 0.3) is 6.71 Å². The predicted molar refractivity (Wildman–Crippen MR) is 501 cm³/mol. The van der Waals surface area contributed by atoms with Crippen LogP contribution >= 0.6 is 11.3 Å². The zero-order valence-corrected chi connectivity index (χ0v) is 67.4. The second kappa shape index (κ2) is 26.7. The Morgan fingerprint density at radius 3 is 1.43 bits per heavy atom. The first-order valence-electron chi connectivity index (χ1n) is 41.0. The summed E-state index contributed by atoms with van der Waals surface area (Å²) >= 11 is 1.86. The summed E-state index contributed by atoms with van der Waals surface area (Å²) in [5.74, 6) is 1.60. The first-order chi connectivity index (χ1) is 58.2. The summed E-state index contributed by atoms with van der Waals surface area (Å²) in [6, 6.07) is 135. The normalized spacial score (nSPS) is 12.7. The van der Waals surface area contributed by atoms with Gasteiger partial charge in [-0.1, -0.05) is 278 Å². The number of hydrogen-bond acceptors (Lipinski definition) is 6. The quantitative estimate of drug-likeness (QED) is 0.128. The smallest absolute Gasteiger partial charge is 0.252 e. The van der Waals surface area contributed by atoms with Crippen molar-refractivity contribution in [3.8, 4) is 79.3 Å². The van der Waals surface area contributed by atoms with Gasteiger partial charge in [0.1, 0.15) is 11.6 Å². The molecule has 0 amide bonds. The van der Waals surface area contributed by atoms with E-state index in [4.69, 9.17) is 9.97 Å². The maximum atomic E-state index is 10.5. The van der Waals surface area contributed by atoms with E-state index < -0.39 is 0 Å². The van der Waals surface area contributed by atoms with E-state index in [9.17, 15) is 5.26 Å². The Kier molecular flexibility index (Phi) is 15.7. The van der Waals surface area contributed by atoms with Gasteiger partial charge in [0, 0.05) is 87.7 Å². The third-order valence-corrected chi connectivity index (χ3v) is 26.1. The molecule has 10 heteroatoms. The van der Waals surface area contributed by atoms with Crippen LogP contribution in [0.2, 0.25) is 0 Å². The minimum Gasteiger partial charge on any atom is -0.311 e. The number of pyridine rings is 2. The lowest BCUT2D eigenvalue weighted by atomic mass is 9.33. The topological polar surface area (TPSA) is 70.8 Å². The van der Waals surface area contributed by atoms with Crippen LogP contribution in [0.1, 0.15) is 58.2 Å². The minimum atomic E-state index is -0.365. The van der Waals surface area contributed by atoms with E-state index in [-0.39, 0.29) is 17.5 Å². The molecule has 0 spiro atoms. The number of fused-ring (bicyclic) bond motifs is 17. The summed E-state index contributed by atoms with van der Waals surface area (Å²) in [7, 11) is 0. The number of anilines is 6. The van der Waals surface area contributed by atoms with Crippen LogP contribution in [-0.4, -0.2) is 30.4 Å². The average Bonchev–Trinajstić information content (AvgIpc) is 1.69. The van der Waals surface area contributed by atoms with Crippen LogP contribution in [0.4, 0.5) is 34.1 Å². The van der Waals surface area contributed by atoms with Gasteiger partial charge < -0.3 is 14.4 Å². The summed E-state index contributed by atoms with van der Waals surface area (Å²) < 4.78 is 9.70. The number of thiophene rings is 1. The second-order valence-electron chi connectivity index (χ2n) is 33.9. The van der Waals surface area contributed by atoms with Crippen LogP contribution in [0.5, 0.6) is 0 Å². The molecular weight excluding hydrogens is 1460 g/mol. The van der Waals surface area contributed by atoms with Crippen LogP contribution in [0.15, 0.2) is 358 Å². The molecule has 0 radical (unpaired) electrons. The molecule has 119 heavy (non-hydrogen) atoms.